The van der Waals surface area contributed by atoms with E-state index >= 15 is 0 Å². The van der Waals surface area contributed by atoms with E-state index in [1.807, 2.05) is 30.3 Å². The van der Waals surface area contributed by atoms with Gasteiger partial charge in [0.25, 0.3) is 5.91 Å². The normalized spacial score (nSPS) is 19.1. The fraction of sp³-hybridized carbons (Fsp3) is 0.500. The van der Waals surface area contributed by atoms with Gasteiger partial charge in [-0.1, -0.05) is 11.8 Å². The van der Waals surface area contributed by atoms with Crippen molar-refractivity contribution in [2.75, 3.05) is 70.4 Å². The average Bonchev–Trinajstić information content (AvgIpc) is 3.06. The van der Waals surface area contributed by atoms with E-state index in [0.29, 0.717) is 18.5 Å². The highest BCUT2D eigenvalue weighted by Gasteiger charge is 2.35. The van der Waals surface area contributed by atoms with Gasteiger partial charge in [0.2, 0.25) is 0 Å². The van der Waals surface area contributed by atoms with Crippen molar-refractivity contribution in [3.8, 4) is 0 Å². The van der Waals surface area contributed by atoms with Gasteiger partial charge in [-0.15, -0.1) is 0 Å². The molecule has 196 valence electrons. The molecule has 1 amide bonds. The van der Waals surface area contributed by atoms with Gasteiger partial charge in [-0.05, 0) is 43.2 Å². The van der Waals surface area contributed by atoms with Gasteiger partial charge in [0, 0.05) is 89.3 Å². The summed E-state index contributed by atoms with van der Waals surface area (Å²) < 4.78 is 4.25. The molecule has 0 spiro atoms. The number of methoxy groups -OCH3 is 1. The third kappa shape index (κ3) is 6.56. The highest BCUT2D eigenvalue weighted by atomic mass is 32.2. The summed E-state index contributed by atoms with van der Waals surface area (Å²) in [5.74, 6) is -0.0357. The van der Waals surface area contributed by atoms with E-state index in [0.717, 1.165) is 60.9 Å². The smallest absolute Gasteiger partial charge is 0.253 e. The zero-order chi connectivity index (χ0) is 26.1. The lowest BCUT2D eigenvalue weighted by Gasteiger charge is -2.27. The predicted octanol–water partition coefficient (Wildman–Crippen LogP) is 2.19. The number of carbonyl (C=O) groups is 2. The first kappa shape index (κ1) is 27.9. The van der Waals surface area contributed by atoms with Crippen LogP contribution in [0, 0.1) is 0 Å². The van der Waals surface area contributed by atoms with Crippen LogP contribution in [0.2, 0.25) is 0 Å². The molecule has 0 saturated carbocycles. The molecule has 2 aliphatic rings. The van der Waals surface area contributed by atoms with Crippen molar-refractivity contribution < 1.29 is 19.4 Å². The van der Waals surface area contributed by atoms with E-state index in [-0.39, 0.29) is 23.8 Å². The second kappa shape index (κ2) is 13.6. The Hall–Kier alpha value is -2.66. The molecule has 9 nitrogen and oxygen atoms in total. The van der Waals surface area contributed by atoms with E-state index in [9.17, 15) is 9.59 Å². The number of rotatable bonds is 7. The summed E-state index contributed by atoms with van der Waals surface area (Å²) in [6.45, 7) is 4.12. The standard InChI is InChI=1S/C24H31N5O3S.C2H6O/c1-27(10-3-15-30)24(32)17-4-6-18(7-5-17)28-11-2-12-29(14-13-28)19-8-9-26-23-21(19)22(25)20(16-31)33-23;1-3-2/h4-9,16,20,22,30H,2-3,10-15,25H2,1H3;1-2H3. The molecule has 3 heterocycles. The first-order chi connectivity index (χ1) is 17.4. The number of hydrogen-bond acceptors (Lipinski definition) is 9. The SMILES string of the molecule is CN(CCCO)C(=O)c1ccc(N2CCCN(c3ccnc4c3C(N)C(C=O)S4)CC2)cc1.COC. The Labute approximate surface area is 217 Å². The van der Waals surface area contributed by atoms with Crippen LogP contribution in [0.5, 0.6) is 0 Å². The lowest BCUT2D eigenvalue weighted by Crippen LogP contribution is -2.32. The Morgan fingerprint density at radius 1 is 1.19 bits per heavy atom. The second-order valence-corrected chi connectivity index (χ2v) is 10.0. The number of pyridine rings is 1. The van der Waals surface area contributed by atoms with Crippen LogP contribution in [-0.4, -0.2) is 93.0 Å². The minimum atomic E-state index is -0.328. The van der Waals surface area contributed by atoms with Crippen LogP contribution in [0.15, 0.2) is 41.6 Å². The van der Waals surface area contributed by atoms with Crippen LogP contribution in [0.3, 0.4) is 0 Å². The number of aliphatic hydroxyl groups excluding tert-OH is 1. The maximum atomic E-state index is 12.5. The zero-order valence-corrected chi connectivity index (χ0v) is 22.1. The summed E-state index contributed by atoms with van der Waals surface area (Å²) >= 11 is 1.45. The van der Waals surface area contributed by atoms with Crippen molar-refractivity contribution in [2.45, 2.75) is 29.2 Å². The molecule has 36 heavy (non-hydrogen) atoms. The van der Waals surface area contributed by atoms with Gasteiger partial charge in [-0.2, -0.15) is 0 Å². The number of aldehydes is 1. The lowest BCUT2D eigenvalue weighted by atomic mass is 10.0. The van der Waals surface area contributed by atoms with E-state index in [4.69, 9.17) is 10.8 Å². The summed E-state index contributed by atoms with van der Waals surface area (Å²) in [5.41, 5.74) is 10.2. The average molecular weight is 516 g/mol. The number of anilines is 2. The molecule has 1 fully saturated rings. The number of nitrogens with zero attached hydrogens (tertiary/aromatic N) is 4. The number of thioether (sulfide) groups is 1. The molecule has 2 unspecified atom stereocenters. The third-order valence-electron chi connectivity index (χ3n) is 6.31. The van der Waals surface area contributed by atoms with Crippen LogP contribution in [0.4, 0.5) is 11.4 Å². The predicted molar refractivity (Wildman–Crippen MR) is 144 cm³/mol. The van der Waals surface area contributed by atoms with Gasteiger partial charge in [-0.3, -0.25) is 4.79 Å². The minimum Gasteiger partial charge on any atom is -0.396 e. The fourth-order valence-electron chi connectivity index (χ4n) is 4.47. The number of amides is 1. The molecule has 0 bridgehead atoms. The molecule has 3 N–H and O–H groups in total. The quantitative estimate of drug-likeness (QED) is 0.536. The Morgan fingerprint density at radius 2 is 1.86 bits per heavy atom. The summed E-state index contributed by atoms with van der Waals surface area (Å²) in [7, 11) is 5.01. The summed E-state index contributed by atoms with van der Waals surface area (Å²) in [4.78, 5) is 34.7. The molecule has 1 saturated heterocycles. The highest BCUT2D eigenvalue weighted by Crippen LogP contribution is 2.45. The number of nitrogens with two attached hydrogens (primary N) is 1. The molecule has 2 atom stereocenters. The number of hydrogen-bond donors (Lipinski definition) is 2. The number of benzene rings is 1. The molecular weight excluding hydrogens is 478 g/mol. The van der Waals surface area contributed by atoms with Crippen LogP contribution in [0.1, 0.15) is 34.8 Å². The third-order valence-corrected chi connectivity index (χ3v) is 7.54. The molecule has 0 aliphatic carbocycles. The van der Waals surface area contributed by atoms with Crippen molar-refractivity contribution in [2.24, 2.45) is 5.73 Å². The molecule has 4 rings (SSSR count). The molecule has 2 aromatic rings. The van der Waals surface area contributed by atoms with E-state index in [2.05, 4.69) is 19.5 Å². The van der Waals surface area contributed by atoms with Crippen LogP contribution in [0.25, 0.3) is 0 Å². The number of aromatic nitrogens is 1. The van der Waals surface area contributed by atoms with Gasteiger partial charge in [0.1, 0.15) is 11.3 Å². The fourth-order valence-corrected chi connectivity index (χ4v) is 5.55. The van der Waals surface area contributed by atoms with Crippen LogP contribution >= 0.6 is 11.8 Å². The van der Waals surface area contributed by atoms with E-state index in [1.165, 1.54) is 11.8 Å². The van der Waals surface area contributed by atoms with Crippen LogP contribution < -0.4 is 15.5 Å². The zero-order valence-electron chi connectivity index (χ0n) is 21.3. The van der Waals surface area contributed by atoms with Crippen molar-refractivity contribution >= 4 is 35.3 Å². The highest BCUT2D eigenvalue weighted by molar-refractivity contribution is 8.00. The largest absolute Gasteiger partial charge is 0.396 e. The minimum absolute atomic E-state index is 0.0357. The van der Waals surface area contributed by atoms with Gasteiger partial charge < -0.3 is 35.1 Å². The van der Waals surface area contributed by atoms with Crippen molar-refractivity contribution in [1.82, 2.24) is 9.88 Å². The summed E-state index contributed by atoms with van der Waals surface area (Å²) in [6.07, 6.45) is 4.28. The molecule has 10 heteroatoms. The van der Waals surface area contributed by atoms with Gasteiger partial charge >= 0.3 is 0 Å². The van der Waals surface area contributed by atoms with E-state index < -0.39 is 0 Å². The maximum absolute atomic E-state index is 12.5. The van der Waals surface area contributed by atoms with Crippen molar-refractivity contribution in [3.63, 3.8) is 0 Å². The number of ether oxygens (including phenoxy) is 1. The monoisotopic (exact) mass is 515 g/mol. The van der Waals surface area contributed by atoms with Gasteiger partial charge in [0.05, 0.1) is 11.3 Å². The Balaban J connectivity index is 0.00000115. The molecule has 1 aromatic carbocycles. The van der Waals surface area contributed by atoms with Gasteiger partial charge in [0.15, 0.2) is 0 Å². The van der Waals surface area contributed by atoms with E-state index in [1.54, 1.807) is 32.4 Å². The molecule has 1 aromatic heterocycles. The Morgan fingerprint density at radius 3 is 2.53 bits per heavy atom. The topological polar surface area (TPSA) is 112 Å². The summed E-state index contributed by atoms with van der Waals surface area (Å²) in [5, 5.41) is 9.56. The Bertz CT molecular complexity index is 1010. The molecule has 2 aliphatic heterocycles. The molecular formula is C26H37N5O4S. The second-order valence-electron chi connectivity index (χ2n) is 8.88. The van der Waals surface area contributed by atoms with Crippen molar-refractivity contribution in [3.05, 3.63) is 47.7 Å². The number of carbonyl (C=O) groups excluding carboxylic acids is 2. The Kier molecular flexibility index (Phi) is 10.5. The first-order valence-electron chi connectivity index (χ1n) is 12.2. The van der Waals surface area contributed by atoms with Crippen molar-refractivity contribution in [1.29, 1.82) is 0 Å². The lowest BCUT2D eigenvalue weighted by molar-refractivity contribution is -0.107. The van der Waals surface area contributed by atoms with Gasteiger partial charge in [-0.25, -0.2) is 4.98 Å². The maximum Gasteiger partial charge on any atom is 0.253 e. The number of fused-ring (bicyclic) bond motifs is 1. The van der Waals surface area contributed by atoms with Crippen LogP contribution in [-0.2, 0) is 9.53 Å². The molecule has 0 radical (unpaired) electrons. The first-order valence-corrected chi connectivity index (χ1v) is 13.1. The summed E-state index contributed by atoms with van der Waals surface area (Å²) in [6, 6.07) is 9.45. The number of aliphatic hydroxyl groups is 1.